The molecule has 1 N–H and O–H groups in total. The summed E-state index contributed by atoms with van der Waals surface area (Å²) in [4.78, 5) is 20.8. The first-order valence-electron chi connectivity index (χ1n) is 9.81. The molecule has 0 atom stereocenters. The molecule has 0 spiro atoms. The summed E-state index contributed by atoms with van der Waals surface area (Å²) in [5.74, 6) is 2.76. The van der Waals surface area contributed by atoms with Gasteiger partial charge in [-0.1, -0.05) is 6.42 Å². The normalized spacial score (nSPS) is 18.2. The Morgan fingerprint density at radius 3 is 2.86 bits per heavy atom. The molecule has 0 bridgehead atoms. The van der Waals surface area contributed by atoms with E-state index in [0.29, 0.717) is 25.6 Å². The summed E-state index contributed by atoms with van der Waals surface area (Å²) >= 11 is 0. The smallest absolute Gasteiger partial charge is 0.246 e. The Balaban J connectivity index is 1.38. The second kappa shape index (κ2) is 7.99. The molecule has 0 unspecified atom stereocenters. The van der Waals surface area contributed by atoms with Gasteiger partial charge in [0.2, 0.25) is 5.91 Å². The van der Waals surface area contributed by atoms with Gasteiger partial charge in [0, 0.05) is 46.3 Å². The summed E-state index contributed by atoms with van der Waals surface area (Å²) in [5, 5.41) is 16.2. The van der Waals surface area contributed by atoms with E-state index in [1.165, 1.54) is 12.8 Å². The van der Waals surface area contributed by atoms with E-state index < -0.39 is 0 Å². The number of anilines is 1. The standard InChI is InChI=1S/C18H27N9O/c1-19-18(20-11-16-23-22-15-6-4-3-5-7-27(15)16)25-8-9-26(17(28)13-25)14-10-21-24(2)12-14/h10,12H,3-9,11,13H2,1-2H3,(H,19,20). The summed E-state index contributed by atoms with van der Waals surface area (Å²) in [5.41, 5.74) is 0.834. The van der Waals surface area contributed by atoms with E-state index in [1.807, 2.05) is 18.1 Å². The first-order valence-corrected chi connectivity index (χ1v) is 9.81. The van der Waals surface area contributed by atoms with Crippen molar-refractivity contribution >= 4 is 17.6 Å². The van der Waals surface area contributed by atoms with Crippen LogP contribution in [0.2, 0.25) is 0 Å². The highest BCUT2D eigenvalue weighted by molar-refractivity contribution is 5.98. The molecule has 1 fully saturated rings. The third-order valence-corrected chi connectivity index (χ3v) is 5.33. The molecule has 0 saturated carbocycles. The molecule has 0 aromatic carbocycles. The van der Waals surface area contributed by atoms with Gasteiger partial charge in [-0.2, -0.15) is 5.10 Å². The van der Waals surface area contributed by atoms with Gasteiger partial charge in [-0.3, -0.25) is 14.5 Å². The number of guanidine groups is 1. The molecule has 2 aliphatic heterocycles. The quantitative estimate of drug-likeness (QED) is 0.597. The van der Waals surface area contributed by atoms with Gasteiger partial charge in [0.1, 0.15) is 12.4 Å². The van der Waals surface area contributed by atoms with Gasteiger partial charge in [-0.05, 0) is 12.8 Å². The van der Waals surface area contributed by atoms with Crippen molar-refractivity contribution in [2.75, 3.05) is 31.6 Å². The Bertz CT molecular complexity index is 868. The average Bonchev–Trinajstić information content (AvgIpc) is 3.21. The van der Waals surface area contributed by atoms with E-state index in [0.717, 1.165) is 36.7 Å². The van der Waals surface area contributed by atoms with Gasteiger partial charge < -0.3 is 19.7 Å². The molecule has 2 aromatic rings. The molecular formula is C18H27N9O. The lowest BCUT2D eigenvalue weighted by molar-refractivity contribution is -0.120. The van der Waals surface area contributed by atoms with E-state index in [2.05, 4.69) is 30.2 Å². The maximum Gasteiger partial charge on any atom is 0.246 e. The van der Waals surface area contributed by atoms with Gasteiger partial charge in [-0.25, -0.2) is 0 Å². The number of aryl methyl sites for hydroxylation is 2. The van der Waals surface area contributed by atoms with Crippen molar-refractivity contribution in [1.82, 2.24) is 34.8 Å². The number of fused-ring (bicyclic) bond motifs is 1. The zero-order chi connectivity index (χ0) is 19.5. The molecule has 4 rings (SSSR count). The molecule has 4 heterocycles. The highest BCUT2D eigenvalue weighted by atomic mass is 16.2. The van der Waals surface area contributed by atoms with Crippen molar-refractivity contribution in [3.8, 4) is 0 Å². The summed E-state index contributed by atoms with van der Waals surface area (Å²) in [7, 11) is 3.59. The fourth-order valence-corrected chi connectivity index (χ4v) is 3.84. The number of carbonyl (C=O) groups excluding carboxylic acids is 1. The number of hydrogen-bond donors (Lipinski definition) is 1. The van der Waals surface area contributed by atoms with Crippen molar-refractivity contribution in [1.29, 1.82) is 0 Å². The molecule has 150 valence electrons. The van der Waals surface area contributed by atoms with Crippen LogP contribution >= 0.6 is 0 Å². The lowest BCUT2D eigenvalue weighted by Crippen LogP contribution is -2.55. The van der Waals surface area contributed by atoms with Gasteiger partial charge in [0.15, 0.2) is 11.8 Å². The van der Waals surface area contributed by atoms with Crippen LogP contribution in [0.15, 0.2) is 17.4 Å². The molecule has 10 nitrogen and oxygen atoms in total. The monoisotopic (exact) mass is 385 g/mol. The third-order valence-electron chi connectivity index (χ3n) is 5.33. The zero-order valence-corrected chi connectivity index (χ0v) is 16.5. The zero-order valence-electron chi connectivity index (χ0n) is 16.5. The molecule has 10 heteroatoms. The van der Waals surface area contributed by atoms with Crippen LogP contribution in [0.3, 0.4) is 0 Å². The van der Waals surface area contributed by atoms with Crippen molar-refractivity contribution in [2.45, 2.75) is 38.8 Å². The average molecular weight is 385 g/mol. The van der Waals surface area contributed by atoms with E-state index in [9.17, 15) is 4.79 Å². The Hall–Kier alpha value is -2.91. The van der Waals surface area contributed by atoms with Crippen molar-refractivity contribution in [3.05, 3.63) is 24.0 Å². The molecule has 0 radical (unpaired) electrons. The number of aliphatic imine (C=N–C) groups is 1. The molecule has 2 aliphatic rings. The van der Waals surface area contributed by atoms with Gasteiger partial charge in [0.25, 0.3) is 0 Å². The Labute approximate surface area is 164 Å². The van der Waals surface area contributed by atoms with Crippen molar-refractivity contribution in [3.63, 3.8) is 0 Å². The maximum absolute atomic E-state index is 12.6. The van der Waals surface area contributed by atoms with Crippen LogP contribution in [0.25, 0.3) is 0 Å². The van der Waals surface area contributed by atoms with E-state index in [-0.39, 0.29) is 12.5 Å². The number of aromatic nitrogens is 5. The largest absolute Gasteiger partial charge is 0.349 e. The minimum Gasteiger partial charge on any atom is -0.349 e. The summed E-state index contributed by atoms with van der Waals surface area (Å²) in [6, 6.07) is 0. The number of hydrogen-bond acceptors (Lipinski definition) is 5. The lowest BCUT2D eigenvalue weighted by atomic mass is 10.2. The van der Waals surface area contributed by atoms with E-state index >= 15 is 0 Å². The van der Waals surface area contributed by atoms with Crippen LogP contribution in [0.5, 0.6) is 0 Å². The SMILES string of the molecule is CN=C(NCc1nnc2n1CCCCC2)N1CCN(c2cnn(C)c2)C(=O)C1. The van der Waals surface area contributed by atoms with Crippen molar-refractivity contribution in [2.24, 2.45) is 12.0 Å². The van der Waals surface area contributed by atoms with E-state index in [1.54, 1.807) is 22.8 Å². The molecular weight excluding hydrogens is 358 g/mol. The molecule has 2 aromatic heterocycles. The fourth-order valence-electron chi connectivity index (χ4n) is 3.84. The van der Waals surface area contributed by atoms with Crippen molar-refractivity contribution < 1.29 is 4.79 Å². The number of piperazine rings is 1. The number of nitrogens with one attached hydrogen (secondary N) is 1. The number of carbonyl (C=O) groups is 1. The predicted molar refractivity (Wildman–Crippen MR) is 105 cm³/mol. The minimum absolute atomic E-state index is 0.0403. The Morgan fingerprint density at radius 2 is 2.11 bits per heavy atom. The second-order valence-corrected chi connectivity index (χ2v) is 7.23. The van der Waals surface area contributed by atoms with Crippen LogP contribution < -0.4 is 10.2 Å². The van der Waals surface area contributed by atoms with E-state index in [4.69, 9.17) is 0 Å². The number of amides is 1. The predicted octanol–water partition coefficient (Wildman–Crippen LogP) is 0.162. The van der Waals surface area contributed by atoms with Gasteiger partial charge in [0.05, 0.1) is 18.4 Å². The summed E-state index contributed by atoms with van der Waals surface area (Å²) in [6.45, 7) is 3.12. The van der Waals surface area contributed by atoms with Crippen LogP contribution in [0.4, 0.5) is 5.69 Å². The topological polar surface area (TPSA) is 96.5 Å². The van der Waals surface area contributed by atoms with Crippen LogP contribution in [-0.2, 0) is 31.4 Å². The number of rotatable bonds is 3. The summed E-state index contributed by atoms with van der Waals surface area (Å²) in [6.07, 6.45) is 8.15. The second-order valence-electron chi connectivity index (χ2n) is 7.23. The van der Waals surface area contributed by atoms with Gasteiger partial charge >= 0.3 is 0 Å². The maximum atomic E-state index is 12.6. The fraction of sp³-hybridized carbons (Fsp3) is 0.611. The molecule has 1 saturated heterocycles. The minimum atomic E-state index is 0.0403. The third kappa shape index (κ3) is 3.71. The Kier molecular flexibility index (Phi) is 5.27. The highest BCUT2D eigenvalue weighted by Gasteiger charge is 2.28. The van der Waals surface area contributed by atoms with Crippen LogP contribution in [0.1, 0.15) is 30.9 Å². The van der Waals surface area contributed by atoms with Gasteiger partial charge in [-0.15, -0.1) is 10.2 Å². The van der Waals surface area contributed by atoms with Crippen LogP contribution in [-0.4, -0.2) is 68.0 Å². The molecule has 28 heavy (non-hydrogen) atoms. The summed E-state index contributed by atoms with van der Waals surface area (Å²) < 4.78 is 3.93. The first kappa shape index (κ1) is 18.5. The Morgan fingerprint density at radius 1 is 1.21 bits per heavy atom. The number of nitrogens with zero attached hydrogens (tertiary/aromatic N) is 8. The molecule has 1 amide bonds. The molecule has 0 aliphatic carbocycles. The van der Waals surface area contributed by atoms with Crippen LogP contribution in [0, 0.1) is 0 Å². The lowest BCUT2D eigenvalue weighted by Gasteiger charge is -2.35. The highest BCUT2D eigenvalue weighted by Crippen LogP contribution is 2.17. The first-order chi connectivity index (χ1) is 13.7.